The van der Waals surface area contributed by atoms with Crippen LogP contribution in [0, 0.1) is 0 Å². The number of hydrogen-bond acceptors (Lipinski definition) is 1. The molecule has 0 bridgehead atoms. The third-order valence-electron chi connectivity index (χ3n) is 5.52. The lowest BCUT2D eigenvalue weighted by molar-refractivity contribution is 0.891. The predicted molar refractivity (Wildman–Crippen MR) is 111 cm³/mol. The summed E-state index contributed by atoms with van der Waals surface area (Å²) in [5, 5.41) is 0. The van der Waals surface area contributed by atoms with Gasteiger partial charge in [-0.2, -0.15) is 0 Å². The van der Waals surface area contributed by atoms with Gasteiger partial charge in [0.2, 0.25) is 0 Å². The van der Waals surface area contributed by atoms with Gasteiger partial charge >= 0.3 is 5.69 Å². The standard InChI is InChI=1S/C24H20N2O/c1-26-23-13-10-16(15-22(23)25-24(26)27)14-21-19-8-4-2-6-17(19)11-12-18-7-3-5-9-20(18)21/h2-10,13-15H,11-12H2,1H3,(H,25,27). The van der Waals surface area contributed by atoms with Crippen molar-refractivity contribution >= 4 is 22.7 Å². The average molecular weight is 352 g/mol. The molecule has 132 valence electrons. The maximum atomic E-state index is 11.9. The van der Waals surface area contributed by atoms with E-state index in [1.165, 1.54) is 27.8 Å². The molecule has 1 N–H and O–H groups in total. The van der Waals surface area contributed by atoms with Crippen molar-refractivity contribution in [3.05, 3.63) is 105 Å². The van der Waals surface area contributed by atoms with Crippen LogP contribution in [0.2, 0.25) is 0 Å². The van der Waals surface area contributed by atoms with Crippen LogP contribution in [0.5, 0.6) is 0 Å². The van der Waals surface area contributed by atoms with Crippen LogP contribution < -0.4 is 5.69 Å². The number of hydrogen-bond donors (Lipinski definition) is 1. The summed E-state index contributed by atoms with van der Waals surface area (Å²) in [6.45, 7) is 0. The van der Waals surface area contributed by atoms with Gasteiger partial charge < -0.3 is 4.98 Å². The van der Waals surface area contributed by atoms with Gasteiger partial charge in [0.05, 0.1) is 11.0 Å². The van der Waals surface area contributed by atoms with Crippen LogP contribution in [0.3, 0.4) is 0 Å². The highest BCUT2D eigenvalue weighted by atomic mass is 16.1. The molecule has 0 fully saturated rings. The molecule has 4 aromatic rings. The highest BCUT2D eigenvalue weighted by Crippen LogP contribution is 2.35. The Bertz CT molecular complexity index is 1210. The molecule has 0 atom stereocenters. The summed E-state index contributed by atoms with van der Waals surface area (Å²) in [6.07, 6.45) is 4.35. The van der Waals surface area contributed by atoms with Gasteiger partial charge in [0.15, 0.2) is 0 Å². The summed E-state index contributed by atoms with van der Waals surface area (Å²) in [4.78, 5) is 14.8. The summed E-state index contributed by atoms with van der Waals surface area (Å²) >= 11 is 0. The van der Waals surface area contributed by atoms with Crippen LogP contribution in [0.25, 0.3) is 22.7 Å². The van der Waals surface area contributed by atoms with E-state index in [2.05, 4.69) is 71.7 Å². The minimum atomic E-state index is -0.0834. The van der Waals surface area contributed by atoms with Gasteiger partial charge in [-0.1, -0.05) is 54.6 Å². The van der Waals surface area contributed by atoms with E-state index >= 15 is 0 Å². The number of benzene rings is 3. The number of aromatic amines is 1. The quantitative estimate of drug-likeness (QED) is 0.536. The highest BCUT2D eigenvalue weighted by Gasteiger charge is 2.17. The van der Waals surface area contributed by atoms with Crippen molar-refractivity contribution < 1.29 is 0 Å². The summed E-state index contributed by atoms with van der Waals surface area (Å²) in [5.41, 5.74) is 9.40. The molecule has 3 aromatic carbocycles. The third-order valence-corrected chi connectivity index (χ3v) is 5.52. The summed E-state index contributed by atoms with van der Waals surface area (Å²) in [5.74, 6) is 0. The second-order valence-electron chi connectivity index (χ2n) is 7.14. The van der Waals surface area contributed by atoms with E-state index in [4.69, 9.17) is 0 Å². The largest absolute Gasteiger partial charge is 0.326 e. The van der Waals surface area contributed by atoms with Gasteiger partial charge in [0, 0.05) is 7.05 Å². The molecule has 1 aliphatic rings. The number of aryl methyl sites for hydroxylation is 3. The summed E-state index contributed by atoms with van der Waals surface area (Å²) < 4.78 is 1.64. The molecule has 1 aliphatic carbocycles. The number of nitrogens with one attached hydrogen (secondary N) is 1. The Morgan fingerprint density at radius 1 is 0.889 bits per heavy atom. The molecule has 1 aromatic heterocycles. The predicted octanol–water partition coefficient (Wildman–Crippen LogP) is 4.55. The van der Waals surface area contributed by atoms with E-state index in [1.807, 2.05) is 6.07 Å². The molecule has 3 heteroatoms. The number of rotatable bonds is 1. The Morgan fingerprint density at radius 2 is 1.52 bits per heavy atom. The lowest BCUT2D eigenvalue weighted by atomic mass is 9.92. The lowest BCUT2D eigenvalue weighted by Crippen LogP contribution is -2.11. The zero-order chi connectivity index (χ0) is 18.4. The molecule has 1 heterocycles. The third kappa shape index (κ3) is 2.63. The SMILES string of the molecule is Cn1c(=O)[nH]c2cc(C=C3c4ccccc4CCc4ccccc43)ccc21. The fourth-order valence-corrected chi connectivity index (χ4v) is 4.08. The zero-order valence-corrected chi connectivity index (χ0v) is 15.2. The zero-order valence-electron chi connectivity index (χ0n) is 15.2. The first-order valence-corrected chi connectivity index (χ1v) is 9.28. The van der Waals surface area contributed by atoms with Crippen LogP contribution in [-0.2, 0) is 19.9 Å². The van der Waals surface area contributed by atoms with Crippen LogP contribution in [0.1, 0.15) is 27.8 Å². The number of nitrogens with zero attached hydrogens (tertiary/aromatic N) is 1. The fraction of sp³-hybridized carbons (Fsp3) is 0.125. The van der Waals surface area contributed by atoms with Crippen LogP contribution >= 0.6 is 0 Å². The van der Waals surface area contributed by atoms with E-state index in [9.17, 15) is 4.79 Å². The molecule has 27 heavy (non-hydrogen) atoms. The van der Waals surface area contributed by atoms with Crippen molar-refractivity contribution in [1.29, 1.82) is 0 Å². The van der Waals surface area contributed by atoms with Crippen LogP contribution in [-0.4, -0.2) is 9.55 Å². The minimum absolute atomic E-state index is 0.0834. The first-order chi connectivity index (χ1) is 13.2. The van der Waals surface area contributed by atoms with Gasteiger partial charge in [-0.25, -0.2) is 4.79 Å². The van der Waals surface area contributed by atoms with Gasteiger partial charge in [-0.05, 0) is 64.4 Å². The minimum Gasteiger partial charge on any atom is -0.306 e. The van der Waals surface area contributed by atoms with Crippen molar-refractivity contribution in [2.45, 2.75) is 12.8 Å². The molecule has 0 aliphatic heterocycles. The van der Waals surface area contributed by atoms with Gasteiger partial charge in [0.1, 0.15) is 0 Å². The molecule has 5 rings (SSSR count). The van der Waals surface area contributed by atoms with Crippen molar-refractivity contribution in [2.75, 3.05) is 0 Å². The Morgan fingerprint density at radius 3 is 2.19 bits per heavy atom. The van der Waals surface area contributed by atoms with Crippen molar-refractivity contribution in [3.8, 4) is 0 Å². The maximum Gasteiger partial charge on any atom is 0.326 e. The van der Waals surface area contributed by atoms with E-state index < -0.39 is 0 Å². The van der Waals surface area contributed by atoms with E-state index in [0.717, 1.165) is 29.4 Å². The average Bonchev–Trinajstić information content (AvgIpc) is 2.89. The second-order valence-corrected chi connectivity index (χ2v) is 7.14. The molecule has 0 saturated carbocycles. The normalized spacial score (nSPS) is 13.1. The Hall–Kier alpha value is -3.33. The fourth-order valence-electron chi connectivity index (χ4n) is 4.08. The Balaban J connectivity index is 1.75. The number of fused-ring (bicyclic) bond motifs is 3. The lowest BCUT2D eigenvalue weighted by Gasteiger charge is -2.12. The molecule has 0 spiro atoms. The molecular weight excluding hydrogens is 332 g/mol. The van der Waals surface area contributed by atoms with E-state index in [-0.39, 0.29) is 5.69 Å². The van der Waals surface area contributed by atoms with Crippen molar-refractivity contribution in [1.82, 2.24) is 9.55 Å². The molecule has 0 unspecified atom stereocenters. The van der Waals surface area contributed by atoms with Gasteiger partial charge in [-0.15, -0.1) is 0 Å². The number of aromatic nitrogens is 2. The second kappa shape index (κ2) is 6.13. The van der Waals surface area contributed by atoms with Gasteiger partial charge in [-0.3, -0.25) is 4.57 Å². The molecular formula is C24H20N2O. The molecule has 0 radical (unpaired) electrons. The van der Waals surface area contributed by atoms with Crippen molar-refractivity contribution in [3.63, 3.8) is 0 Å². The number of imidazole rings is 1. The first kappa shape index (κ1) is 15.9. The first-order valence-electron chi connectivity index (χ1n) is 9.28. The summed E-state index contributed by atoms with van der Waals surface area (Å²) in [7, 11) is 1.79. The van der Waals surface area contributed by atoms with Crippen LogP contribution in [0.15, 0.2) is 71.5 Å². The van der Waals surface area contributed by atoms with E-state index in [1.54, 1.807) is 11.6 Å². The van der Waals surface area contributed by atoms with Crippen LogP contribution in [0.4, 0.5) is 0 Å². The summed E-state index contributed by atoms with van der Waals surface area (Å²) in [6, 6.07) is 23.5. The highest BCUT2D eigenvalue weighted by molar-refractivity contribution is 5.95. The van der Waals surface area contributed by atoms with Gasteiger partial charge in [0.25, 0.3) is 0 Å². The topological polar surface area (TPSA) is 37.8 Å². The molecule has 3 nitrogen and oxygen atoms in total. The Labute approximate surface area is 157 Å². The van der Waals surface area contributed by atoms with E-state index in [0.29, 0.717) is 0 Å². The monoisotopic (exact) mass is 352 g/mol. The molecule has 0 amide bonds. The number of H-pyrrole nitrogens is 1. The smallest absolute Gasteiger partial charge is 0.306 e. The maximum absolute atomic E-state index is 11.9. The molecule has 0 saturated heterocycles. The Kier molecular flexibility index (Phi) is 3.61. The van der Waals surface area contributed by atoms with Crippen molar-refractivity contribution in [2.24, 2.45) is 7.05 Å².